The molecule has 6 heteroatoms. The quantitative estimate of drug-likeness (QED) is 0.689. The number of rotatable bonds is 3. The predicted molar refractivity (Wildman–Crippen MR) is 116 cm³/mol. The molecule has 3 heterocycles. The second kappa shape index (κ2) is 7.98. The number of hydrogen-bond acceptors (Lipinski definition) is 5. The third kappa shape index (κ3) is 3.75. The Morgan fingerprint density at radius 2 is 1.79 bits per heavy atom. The van der Waals surface area contributed by atoms with Gasteiger partial charge in [0.05, 0.1) is 16.7 Å². The van der Waals surface area contributed by atoms with Crippen LogP contribution in [0, 0.1) is 0 Å². The van der Waals surface area contributed by atoms with Gasteiger partial charge in [0.1, 0.15) is 0 Å². The van der Waals surface area contributed by atoms with E-state index in [2.05, 4.69) is 15.2 Å². The molecule has 5 rings (SSSR count). The van der Waals surface area contributed by atoms with Crippen molar-refractivity contribution in [2.45, 2.75) is 82.7 Å². The third-order valence-corrected chi connectivity index (χ3v) is 7.22. The van der Waals surface area contributed by atoms with Crippen molar-refractivity contribution in [3.8, 4) is 5.75 Å². The van der Waals surface area contributed by atoms with E-state index in [4.69, 9.17) is 4.98 Å². The summed E-state index contributed by atoms with van der Waals surface area (Å²) >= 11 is 0. The lowest BCUT2D eigenvalue weighted by Gasteiger charge is -2.37. The van der Waals surface area contributed by atoms with Crippen LogP contribution in [0.5, 0.6) is 5.75 Å². The molecule has 0 bridgehead atoms. The Morgan fingerprint density at radius 1 is 1.03 bits per heavy atom. The maximum absolute atomic E-state index is 12.1. The van der Waals surface area contributed by atoms with Crippen LogP contribution in [0.2, 0.25) is 0 Å². The Morgan fingerprint density at radius 3 is 2.59 bits per heavy atom. The molecule has 156 valence electrons. The Bertz CT molecular complexity index is 940. The van der Waals surface area contributed by atoms with Crippen molar-refractivity contribution in [2.75, 3.05) is 18.4 Å². The normalized spacial score (nSPS) is 21.9. The van der Waals surface area contributed by atoms with Crippen molar-refractivity contribution in [2.24, 2.45) is 0 Å². The summed E-state index contributed by atoms with van der Waals surface area (Å²) in [5.41, 5.74) is 4.47. The van der Waals surface area contributed by atoms with Crippen molar-refractivity contribution in [1.82, 2.24) is 14.9 Å². The number of H-pyrrole nitrogens is 1. The zero-order valence-corrected chi connectivity index (χ0v) is 17.2. The Hall–Kier alpha value is -2.08. The van der Waals surface area contributed by atoms with Crippen LogP contribution in [0.3, 0.4) is 0 Å². The first-order chi connectivity index (χ1) is 14.2. The van der Waals surface area contributed by atoms with Gasteiger partial charge >= 0.3 is 0 Å². The molecule has 1 aliphatic heterocycles. The number of aryl methyl sites for hydroxylation is 1. The van der Waals surface area contributed by atoms with Gasteiger partial charge < -0.3 is 20.3 Å². The molecule has 29 heavy (non-hydrogen) atoms. The largest absolute Gasteiger partial charge is 0.503 e. The van der Waals surface area contributed by atoms with Crippen LogP contribution in [0.4, 0.5) is 5.69 Å². The molecule has 0 amide bonds. The first-order valence-electron chi connectivity index (χ1n) is 11.5. The maximum Gasteiger partial charge on any atom is 0.290 e. The monoisotopic (exact) mass is 396 g/mol. The number of aromatic amines is 1. The number of likely N-dealkylation sites (tertiary alicyclic amines) is 1. The summed E-state index contributed by atoms with van der Waals surface area (Å²) in [5.74, 6) is -0.255. The number of pyridine rings is 2. The number of hydrogen-bond donors (Lipinski definition) is 3. The van der Waals surface area contributed by atoms with Gasteiger partial charge in [-0.3, -0.25) is 9.78 Å². The molecule has 2 aromatic rings. The lowest BCUT2D eigenvalue weighted by molar-refractivity contribution is 0.159. The topological polar surface area (TPSA) is 81.2 Å². The van der Waals surface area contributed by atoms with Crippen LogP contribution in [-0.2, 0) is 12.8 Å². The van der Waals surface area contributed by atoms with E-state index in [1.807, 2.05) is 0 Å². The first kappa shape index (κ1) is 18.9. The lowest BCUT2D eigenvalue weighted by atomic mass is 9.99. The SMILES string of the molecule is O=c1[nH]c2c(NC3CCN(C4CCCC4)CC3)c3c(nc2cc1O)CCCCC3. The highest BCUT2D eigenvalue weighted by Gasteiger charge is 2.28. The van der Waals surface area contributed by atoms with Gasteiger partial charge in [0.15, 0.2) is 5.75 Å². The zero-order chi connectivity index (χ0) is 19.8. The molecule has 1 saturated heterocycles. The Kier molecular flexibility index (Phi) is 5.20. The van der Waals surface area contributed by atoms with E-state index in [0.29, 0.717) is 11.6 Å². The van der Waals surface area contributed by atoms with Crippen LogP contribution in [0.25, 0.3) is 11.0 Å². The number of aromatic nitrogens is 2. The van der Waals surface area contributed by atoms with Crippen molar-refractivity contribution >= 4 is 16.7 Å². The second-order valence-electron chi connectivity index (χ2n) is 9.11. The highest BCUT2D eigenvalue weighted by molar-refractivity contribution is 5.90. The fraction of sp³-hybridized carbons (Fsp3) is 0.652. The van der Waals surface area contributed by atoms with Crippen LogP contribution in [0.1, 0.15) is 69.0 Å². The molecule has 2 aliphatic carbocycles. The van der Waals surface area contributed by atoms with E-state index in [0.717, 1.165) is 74.6 Å². The molecule has 0 aromatic carbocycles. The molecular weight excluding hydrogens is 364 g/mol. The highest BCUT2D eigenvalue weighted by atomic mass is 16.3. The summed E-state index contributed by atoms with van der Waals surface area (Å²) in [7, 11) is 0. The molecule has 0 radical (unpaired) electrons. The fourth-order valence-corrected chi connectivity index (χ4v) is 5.58. The minimum atomic E-state index is -0.438. The van der Waals surface area contributed by atoms with E-state index < -0.39 is 5.56 Å². The minimum absolute atomic E-state index is 0.255. The summed E-state index contributed by atoms with van der Waals surface area (Å²) in [4.78, 5) is 22.5. The number of aromatic hydroxyl groups is 1. The van der Waals surface area contributed by atoms with Crippen LogP contribution in [-0.4, -0.2) is 45.1 Å². The lowest BCUT2D eigenvalue weighted by Crippen LogP contribution is -2.43. The van der Waals surface area contributed by atoms with Crippen LogP contribution in [0.15, 0.2) is 10.9 Å². The van der Waals surface area contributed by atoms with E-state index >= 15 is 0 Å². The smallest absolute Gasteiger partial charge is 0.290 e. The van der Waals surface area contributed by atoms with Gasteiger partial charge in [0, 0.05) is 36.9 Å². The molecule has 0 spiro atoms. The summed E-state index contributed by atoms with van der Waals surface area (Å²) in [6, 6.07) is 2.74. The number of piperidine rings is 1. The predicted octanol–water partition coefficient (Wildman–Crippen LogP) is 3.72. The Balaban J connectivity index is 1.44. The van der Waals surface area contributed by atoms with Crippen molar-refractivity contribution in [3.63, 3.8) is 0 Å². The average Bonchev–Trinajstić information content (AvgIpc) is 3.16. The molecule has 0 unspecified atom stereocenters. The second-order valence-corrected chi connectivity index (χ2v) is 9.11. The molecular formula is C23H32N4O2. The molecule has 2 fully saturated rings. The van der Waals surface area contributed by atoms with Crippen molar-refractivity contribution in [3.05, 3.63) is 27.7 Å². The fourth-order valence-electron chi connectivity index (χ4n) is 5.58. The molecule has 1 saturated carbocycles. The van der Waals surface area contributed by atoms with Gasteiger partial charge in [0.25, 0.3) is 5.56 Å². The number of nitrogens with zero attached hydrogens (tertiary/aromatic N) is 2. The summed E-state index contributed by atoms with van der Waals surface area (Å²) in [6.45, 7) is 2.32. The standard InChI is InChI=1S/C23H32N4O2/c28-20-14-19-22(26-23(20)29)21(17-8-2-1-3-9-18(17)25-19)24-15-10-12-27(13-11-15)16-6-4-5-7-16/h14-16,28H,1-13H2,(H,24,25)(H,26,29). The highest BCUT2D eigenvalue weighted by Crippen LogP contribution is 2.34. The zero-order valence-electron chi connectivity index (χ0n) is 17.2. The van der Waals surface area contributed by atoms with Gasteiger partial charge in [-0.2, -0.15) is 0 Å². The van der Waals surface area contributed by atoms with Crippen molar-refractivity contribution < 1.29 is 5.11 Å². The van der Waals surface area contributed by atoms with Crippen LogP contribution < -0.4 is 10.9 Å². The molecule has 0 atom stereocenters. The maximum atomic E-state index is 12.1. The summed E-state index contributed by atoms with van der Waals surface area (Å²) in [6.07, 6.45) is 13.3. The molecule has 6 nitrogen and oxygen atoms in total. The molecule has 2 aromatic heterocycles. The molecule has 3 N–H and O–H groups in total. The van der Waals surface area contributed by atoms with Gasteiger partial charge in [-0.05, 0) is 56.9 Å². The minimum Gasteiger partial charge on any atom is -0.503 e. The first-order valence-corrected chi connectivity index (χ1v) is 11.5. The third-order valence-electron chi connectivity index (χ3n) is 7.22. The van der Waals surface area contributed by atoms with Crippen LogP contribution >= 0.6 is 0 Å². The Labute approximate surface area is 171 Å². The van der Waals surface area contributed by atoms with E-state index in [1.54, 1.807) is 0 Å². The molecule has 3 aliphatic rings. The summed E-state index contributed by atoms with van der Waals surface area (Å²) in [5, 5.41) is 13.7. The van der Waals surface area contributed by atoms with Gasteiger partial charge in [-0.15, -0.1) is 0 Å². The summed E-state index contributed by atoms with van der Waals surface area (Å²) < 4.78 is 0. The number of nitrogens with one attached hydrogen (secondary N) is 2. The van der Waals surface area contributed by atoms with Crippen molar-refractivity contribution in [1.29, 1.82) is 0 Å². The van der Waals surface area contributed by atoms with Gasteiger partial charge in [-0.1, -0.05) is 19.3 Å². The van der Waals surface area contributed by atoms with E-state index in [-0.39, 0.29) is 5.75 Å². The number of fused-ring (bicyclic) bond motifs is 2. The average molecular weight is 397 g/mol. The number of anilines is 1. The van der Waals surface area contributed by atoms with E-state index in [9.17, 15) is 9.90 Å². The van der Waals surface area contributed by atoms with E-state index in [1.165, 1.54) is 43.7 Å². The van der Waals surface area contributed by atoms with Gasteiger partial charge in [0.2, 0.25) is 0 Å². The van der Waals surface area contributed by atoms with Gasteiger partial charge in [-0.25, -0.2) is 0 Å².